The summed E-state index contributed by atoms with van der Waals surface area (Å²) in [6, 6.07) is 9.50. The van der Waals surface area contributed by atoms with E-state index in [1.807, 2.05) is 37.3 Å². The van der Waals surface area contributed by atoms with Crippen LogP contribution >= 0.6 is 0 Å². The van der Waals surface area contributed by atoms with Crippen LogP contribution in [0.25, 0.3) is 0 Å². The number of nitrogens with zero attached hydrogens (tertiary/aromatic N) is 1. The average Bonchev–Trinajstić information content (AvgIpc) is 2.80. The molecule has 0 spiro atoms. The maximum absolute atomic E-state index is 12.1. The van der Waals surface area contributed by atoms with Gasteiger partial charge in [0.15, 0.2) is 12.0 Å². The Morgan fingerprint density at radius 1 is 1.05 bits per heavy atom. The lowest BCUT2D eigenvalue weighted by Gasteiger charge is -2.34. The third kappa shape index (κ3) is 2.45. The number of cyclic esters (lactones) is 2. The summed E-state index contributed by atoms with van der Waals surface area (Å²) in [4.78, 5) is 29.7. The fraction of sp³-hybridized carbons (Fsp3) is 0.438. The Labute approximate surface area is 128 Å². The van der Waals surface area contributed by atoms with Crippen molar-refractivity contribution < 1.29 is 23.9 Å². The number of hydrogen-bond acceptors (Lipinski definition) is 6. The summed E-state index contributed by atoms with van der Waals surface area (Å²) >= 11 is 0. The molecule has 1 saturated heterocycles. The quantitative estimate of drug-likeness (QED) is 0.616. The van der Waals surface area contributed by atoms with E-state index in [4.69, 9.17) is 14.3 Å². The van der Waals surface area contributed by atoms with E-state index in [-0.39, 0.29) is 5.92 Å². The van der Waals surface area contributed by atoms with Crippen molar-refractivity contribution in [2.75, 3.05) is 0 Å². The molecule has 1 aromatic carbocycles. The van der Waals surface area contributed by atoms with Crippen LogP contribution < -0.4 is 0 Å². The van der Waals surface area contributed by atoms with Gasteiger partial charge in [0.25, 0.3) is 5.79 Å². The van der Waals surface area contributed by atoms with Crippen LogP contribution in [0.5, 0.6) is 0 Å². The maximum atomic E-state index is 12.1. The molecule has 0 amide bonds. The van der Waals surface area contributed by atoms with Crippen molar-refractivity contribution in [1.82, 2.24) is 0 Å². The van der Waals surface area contributed by atoms with E-state index in [2.05, 4.69) is 5.16 Å². The van der Waals surface area contributed by atoms with Gasteiger partial charge in [0.05, 0.1) is 5.71 Å². The zero-order valence-electron chi connectivity index (χ0n) is 12.6. The number of hydrogen-bond donors (Lipinski definition) is 0. The summed E-state index contributed by atoms with van der Waals surface area (Å²) in [5.74, 6) is -3.86. The standard InChI is InChI=1S/C16H17NO5/c1-9-12(10-7-5-4-6-8-10)17-22-13(9)11-14(18)20-16(2,3)21-15(11)19/h4-9,11,13H,1-3H3. The van der Waals surface area contributed by atoms with E-state index in [1.54, 1.807) is 0 Å². The van der Waals surface area contributed by atoms with E-state index < -0.39 is 29.7 Å². The summed E-state index contributed by atoms with van der Waals surface area (Å²) in [7, 11) is 0. The molecule has 0 bridgehead atoms. The molecule has 2 aliphatic heterocycles. The van der Waals surface area contributed by atoms with Crippen molar-refractivity contribution in [3.8, 4) is 0 Å². The van der Waals surface area contributed by atoms with Gasteiger partial charge in [0, 0.05) is 19.8 Å². The Balaban J connectivity index is 1.81. The first kappa shape index (κ1) is 14.6. The van der Waals surface area contributed by atoms with E-state index >= 15 is 0 Å². The lowest BCUT2D eigenvalue weighted by atomic mass is 9.86. The molecule has 1 fully saturated rings. The van der Waals surface area contributed by atoms with Crippen molar-refractivity contribution in [3.05, 3.63) is 35.9 Å². The highest BCUT2D eigenvalue weighted by atomic mass is 16.7. The highest BCUT2D eigenvalue weighted by Crippen LogP contribution is 2.33. The molecule has 6 heteroatoms. The molecule has 0 N–H and O–H groups in total. The lowest BCUT2D eigenvalue weighted by Crippen LogP contribution is -2.51. The van der Waals surface area contributed by atoms with Crippen molar-refractivity contribution in [2.24, 2.45) is 17.0 Å². The number of ether oxygens (including phenoxy) is 2. The summed E-state index contributed by atoms with van der Waals surface area (Å²) in [5, 5.41) is 4.05. The van der Waals surface area contributed by atoms with Crippen LogP contribution in [0.4, 0.5) is 0 Å². The minimum atomic E-state index is -1.24. The monoisotopic (exact) mass is 303 g/mol. The molecule has 0 radical (unpaired) electrons. The van der Waals surface area contributed by atoms with Gasteiger partial charge in [0.1, 0.15) is 0 Å². The first-order valence-corrected chi connectivity index (χ1v) is 7.14. The molecule has 3 rings (SSSR count). The van der Waals surface area contributed by atoms with Gasteiger partial charge in [-0.2, -0.15) is 0 Å². The Hall–Kier alpha value is -2.37. The van der Waals surface area contributed by atoms with E-state index in [9.17, 15) is 9.59 Å². The molecule has 2 aliphatic rings. The molecule has 2 atom stereocenters. The van der Waals surface area contributed by atoms with Gasteiger partial charge in [-0.3, -0.25) is 9.59 Å². The van der Waals surface area contributed by atoms with E-state index in [0.717, 1.165) is 5.56 Å². The third-order valence-corrected chi connectivity index (χ3v) is 3.80. The highest BCUT2D eigenvalue weighted by molar-refractivity contribution is 6.05. The zero-order chi connectivity index (χ0) is 15.9. The fourth-order valence-corrected chi connectivity index (χ4v) is 2.72. The zero-order valence-corrected chi connectivity index (χ0v) is 12.6. The van der Waals surface area contributed by atoms with Crippen LogP contribution in [-0.2, 0) is 23.9 Å². The van der Waals surface area contributed by atoms with Crippen molar-refractivity contribution >= 4 is 17.7 Å². The summed E-state index contributed by atoms with van der Waals surface area (Å²) in [5.41, 5.74) is 1.60. The first-order valence-electron chi connectivity index (χ1n) is 7.14. The minimum Gasteiger partial charge on any atom is -0.422 e. The Bertz CT molecular complexity index is 617. The second-order valence-electron chi connectivity index (χ2n) is 5.92. The predicted octanol–water partition coefficient (Wildman–Crippen LogP) is 1.88. The van der Waals surface area contributed by atoms with Gasteiger partial charge in [0.2, 0.25) is 0 Å². The smallest absolute Gasteiger partial charge is 0.327 e. The minimum absolute atomic E-state index is 0.228. The summed E-state index contributed by atoms with van der Waals surface area (Å²) in [6.45, 7) is 4.90. The van der Waals surface area contributed by atoms with Crippen LogP contribution in [-0.4, -0.2) is 29.5 Å². The normalized spacial score (nSPS) is 27.7. The molecule has 2 unspecified atom stereocenters. The van der Waals surface area contributed by atoms with Crippen LogP contribution in [0.1, 0.15) is 26.3 Å². The molecule has 22 heavy (non-hydrogen) atoms. The fourth-order valence-electron chi connectivity index (χ4n) is 2.72. The van der Waals surface area contributed by atoms with Gasteiger partial charge in [-0.05, 0) is 5.56 Å². The molecule has 0 saturated carbocycles. The molecule has 0 aromatic heterocycles. The van der Waals surface area contributed by atoms with Crippen molar-refractivity contribution in [3.63, 3.8) is 0 Å². The molecule has 0 aliphatic carbocycles. The maximum Gasteiger partial charge on any atom is 0.327 e. The SMILES string of the molecule is CC1C(c2ccccc2)=NOC1C1C(=O)OC(C)(C)OC1=O. The van der Waals surface area contributed by atoms with Crippen molar-refractivity contribution in [1.29, 1.82) is 0 Å². The molecule has 1 aromatic rings. The predicted molar refractivity (Wildman–Crippen MR) is 76.8 cm³/mol. The molecule has 6 nitrogen and oxygen atoms in total. The van der Waals surface area contributed by atoms with Crippen molar-refractivity contribution in [2.45, 2.75) is 32.7 Å². The number of benzene rings is 1. The van der Waals surface area contributed by atoms with Gasteiger partial charge in [-0.25, -0.2) is 0 Å². The third-order valence-electron chi connectivity index (χ3n) is 3.80. The molecule has 116 valence electrons. The van der Waals surface area contributed by atoms with Gasteiger partial charge in [-0.15, -0.1) is 0 Å². The number of esters is 2. The van der Waals surface area contributed by atoms with Crippen LogP contribution in [0.15, 0.2) is 35.5 Å². The Morgan fingerprint density at radius 3 is 2.23 bits per heavy atom. The largest absolute Gasteiger partial charge is 0.422 e. The summed E-state index contributed by atoms with van der Waals surface area (Å²) < 4.78 is 10.3. The van der Waals surface area contributed by atoms with Crippen LogP contribution in [0.3, 0.4) is 0 Å². The van der Waals surface area contributed by atoms with Gasteiger partial charge >= 0.3 is 11.9 Å². The number of oxime groups is 1. The molecule has 2 heterocycles. The van der Waals surface area contributed by atoms with E-state index in [1.165, 1.54) is 13.8 Å². The first-order chi connectivity index (χ1) is 10.4. The average molecular weight is 303 g/mol. The Morgan fingerprint density at radius 2 is 1.64 bits per heavy atom. The van der Waals surface area contributed by atoms with Gasteiger partial charge < -0.3 is 14.3 Å². The number of rotatable bonds is 2. The number of carbonyl (C=O) groups is 2. The van der Waals surface area contributed by atoms with E-state index in [0.29, 0.717) is 5.71 Å². The van der Waals surface area contributed by atoms with Crippen LogP contribution in [0.2, 0.25) is 0 Å². The van der Waals surface area contributed by atoms with Gasteiger partial charge in [-0.1, -0.05) is 42.4 Å². The summed E-state index contributed by atoms with van der Waals surface area (Å²) in [6.07, 6.45) is -0.716. The number of carbonyl (C=O) groups excluding carboxylic acids is 2. The molecular formula is C16H17NO5. The Kier molecular flexibility index (Phi) is 3.39. The topological polar surface area (TPSA) is 74.2 Å². The second-order valence-corrected chi connectivity index (χ2v) is 5.92. The highest BCUT2D eigenvalue weighted by Gasteiger charge is 2.52. The molecular weight excluding hydrogens is 286 g/mol. The second kappa shape index (κ2) is 5.12. The van der Waals surface area contributed by atoms with Crippen LogP contribution in [0, 0.1) is 11.8 Å². The lowest BCUT2D eigenvalue weighted by molar-refractivity contribution is -0.246.